The first kappa shape index (κ1) is 28.9. The number of ether oxygens (including phenoxy) is 1. The van der Waals surface area contributed by atoms with Gasteiger partial charge in [-0.2, -0.15) is 0 Å². The Morgan fingerprint density at radius 3 is 2.49 bits per heavy atom. The lowest BCUT2D eigenvalue weighted by molar-refractivity contribution is 0.0526. The molecule has 1 atom stereocenters. The van der Waals surface area contributed by atoms with E-state index in [4.69, 9.17) is 4.74 Å². The van der Waals surface area contributed by atoms with E-state index in [1.54, 1.807) is 13.0 Å². The highest BCUT2D eigenvalue weighted by Crippen LogP contribution is 2.32. The maximum absolute atomic E-state index is 14.3. The van der Waals surface area contributed by atoms with Gasteiger partial charge in [0, 0.05) is 25.2 Å². The van der Waals surface area contributed by atoms with Crippen molar-refractivity contribution in [3.63, 3.8) is 0 Å². The second kappa shape index (κ2) is 12.9. The average Bonchev–Trinajstić information content (AvgIpc) is 3.29. The number of β-amino-alcohol motifs (C(OH)–C–C–N with tert-alkyl or cyclic N) is 1. The first-order valence-electron chi connectivity index (χ1n) is 13.9. The molecule has 0 spiro atoms. The van der Waals surface area contributed by atoms with Crippen molar-refractivity contribution in [3.05, 3.63) is 94.8 Å². The van der Waals surface area contributed by atoms with Crippen LogP contribution < -0.4 is 5.32 Å². The Balaban J connectivity index is 1.28. The van der Waals surface area contributed by atoms with E-state index in [1.165, 1.54) is 23.3 Å². The molecule has 208 valence electrons. The highest BCUT2D eigenvalue weighted by molar-refractivity contribution is 5.91. The third kappa shape index (κ3) is 8.21. The van der Waals surface area contributed by atoms with Gasteiger partial charge in [0.25, 0.3) is 0 Å². The number of nitrogens with one attached hydrogen (secondary N) is 1. The molecule has 0 saturated carbocycles. The van der Waals surface area contributed by atoms with E-state index in [1.807, 2.05) is 31.3 Å². The van der Waals surface area contributed by atoms with Gasteiger partial charge in [0.15, 0.2) is 0 Å². The largest absolute Gasteiger partial charge is 0.462 e. The molecule has 1 aliphatic rings. The molecule has 3 aromatic carbocycles. The Hall–Kier alpha value is -3.06. The Morgan fingerprint density at radius 2 is 1.79 bits per heavy atom. The van der Waals surface area contributed by atoms with E-state index in [-0.39, 0.29) is 17.7 Å². The van der Waals surface area contributed by atoms with E-state index in [2.05, 4.69) is 48.3 Å². The number of halogens is 1. The number of carbonyl (C=O) groups excluding carboxylic acids is 1. The smallest absolute Gasteiger partial charge is 0.338 e. The molecule has 1 aliphatic carbocycles. The zero-order valence-corrected chi connectivity index (χ0v) is 23.5. The van der Waals surface area contributed by atoms with Crippen molar-refractivity contribution in [2.45, 2.75) is 58.2 Å². The molecule has 0 unspecified atom stereocenters. The second-order valence-corrected chi connectivity index (χ2v) is 11.5. The molecule has 0 aromatic heterocycles. The number of aliphatic hydroxyl groups excluding tert-OH is 1. The number of esters is 1. The third-order valence-electron chi connectivity index (χ3n) is 7.39. The van der Waals surface area contributed by atoms with Gasteiger partial charge in [0.2, 0.25) is 0 Å². The summed E-state index contributed by atoms with van der Waals surface area (Å²) in [4.78, 5) is 14.2. The average molecular weight is 533 g/mol. The summed E-state index contributed by atoms with van der Waals surface area (Å²) in [5.41, 5.74) is 5.57. The highest BCUT2D eigenvalue weighted by atomic mass is 19.1. The molecule has 4 rings (SSSR count). The van der Waals surface area contributed by atoms with Gasteiger partial charge in [-0.25, -0.2) is 9.18 Å². The van der Waals surface area contributed by atoms with Crippen LogP contribution in [0.3, 0.4) is 0 Å². The predicted octanol–water partition coefficient (Wildman–Crippen LogP) is 5.64. The topological polar surface area (TPSA) is 61.8 Å². The Morgan fingerprint density at radius 1 is 1.08 bits per heavy atom. The summed E-state index contributed by atoms with van der Waals surface area (Å²) in [5, 5.41) is 14.4. The number of likely N-dealkylation sites (N-methyl/N-ethyl adjacent to an activating group) is 1. The Labute approximate surface area is 232 Å². The number of benzene rings is 3. The summed E-state index contributed by atoms with van der Waals surface area (Å²) in [6, 6.07) is 20.8. The van der Waals surface area contributed by atoms with E-state index >= 15 is 0 Å². The minimum absolute atomic E-state index is 0.0616. The number of aliphatic hydroxyl groups is 1. The predicted molar refractivity (Wildman–Crippen MR) is 154 cm³/mol. The van der Waals surface area contributed by atoms with Crippen LogP contribution in [0.2, 0.25) is 0 Å². The quantitative estimate of drug-likeness (QED) is 0.296. The van der Waals surface area contributed by atoms with Crippen LogP contribution in [0.25, 0.3) is 11.1 Å². The molecule has 39 heavy (non-hydrogen) atoms. The minimum atomic E-state index is -0.534. The van der Waals surface area contributed by atoms with Gasteiger partial charge >= 0.3 is 5.97 Å². The lowest BCUT2D eigenvalue weighted by Gasteiger charge is -2.31. The first-order valence-corrected chi connectivity index (χ1v) is 13.9. The summed E-state index contributed by atoms with van der Waals surface area (Å²) in [5.74, 6) is -0.384. The van der Waals surface area contributed by atoms with Crippen LogP contribution in [0.4, 0.5) is 4.39 Å². The number of fused-ring (bicyclic) bond motifs is 1. The monoisotopic (exact) mass is 532 g/mol. The van der Waals surface area contributed by atoms with Gasteiger partial charge < -0.3 is 15.2 Å². The number of nitrogens with zero attached hydrogens (tertiary/aromatic N) is 1. The Bertz CT molecular complexity index is 1250. The van der Waals surface area contributed by atoms with Crippen molar-refractivity contribution in [3.8, 4) is 11.1 Å². The second-order valence-electron chi connectivity index (χ2n) is 11.5. The first-order chi connectivity index (χ1) is 18.6. The van der Waals surface area contributed by atoms with Gasteiger partial charge in [-0.1, -0.05) is 42.5 Å². The lowest BCUT2D eigenvalue weighted by Crippen LogP contribution is -2.47. The normalized spacial score (nSPS) is 14.4. The molecule has 5 nitrogen and oxygen atoms in total. The molecule has 0 amide bonds. The van der Waals surface area contributed by atoms with Crippen LogP contribution in [0.1, 0.15) is 54.2 Å². The molecule has 0 radical (unpaired) electrons. The zero-order valence-electron chi connectivity index (χ0n) is 23.5. The van der Waals surface area contributed by atoms with Crippen LogP contribution in [0, 0.1) is 11.7 Å². The fourth-order valence-electron chi connectivity index (χ4n) is 5.72. The van der Waals surface area contributed by atoms with Crippen LogP contribution in [-0.2, 0) is 24.1 Å². The molecule has 0 aliphatic heterocycles. The molecular weight excluding hydrogens is 491 g/mol. The van der Waals surface area contributed by atoms with Gasteiger partial charge in [-0.05, 0) is 105 Å². The van der Waals surface area contributed by atoms with Crippen LogP contribution in [-0.4, -0.2) is 54.4 Å². The van der Waals surface area contributed by atoms with Crippen molar-refractivity contribution in [2.24, 2.45) is 5.92 Å². The van der Waals surface area contributed by atoms with Crippen LogP contribution in [0.5, 0.6) is 0 Å². The van der Waals surface area contributed by atoms with E-state index in [9.17, 15) is 14.3 Å². The molecule has 3 aromatic rings. The van der Waals surface area contributed by atoms with Gasteiger partial charge in [0.05, 0.1) is 18.3 Å². The fourth-order valence-corrected chi connectivity index (χ4v) is 5.72. The van der Waals surface area contributed by atoms with Crippen molar-refractivity contribution in [1.82, 2.24) is 10.2 Å². The maximum Gasteiger partial charge on any atom is 0.338 e. The SMILES string of the molecule is CCOC(=O)c1cc(F)cc(-c2cccc(CN(C)C[C@H](O)CNC(C)(C)CC3Cc4ccccc4C3)c2)c1. The third-order valence-corrected chi connectivity index (χ3v) is 7.39. The molecule has 6 heteroatoms. The number of hydrogen-bond donors (Lipinski definition) is 2. The summed E-state index contributed by atoms with van der Waals surface area (Å²) in [6.45, 7) is 8.08. The maximum atomic E-state index is 14.3. The van der Waals surface area contributed by atoms with Gasteiger partial charge in [0.1, 0.15) is 5.82 Å². The Kier molecular flexibility index (Phi) is 9.54. The summed E-state index contributed by atoms with van der Waals surface area (Å²) >= 11 is 0. The summed E-state index contributed by atoms with van der Waals surface area (Å²) in [7, 11) is 1.98. The van der Waals surface area contributed by atoms with E-state index in [0.29, 0.717) is 31.1 Å². The van der Waals surface area contributed by atoms with Crippen molar-refractivity contribution >= 4 is 5.97 Å². The number of hydrogen-bond acceptors (Lipinski definition) is 5. The van der Waals surface area contributed by atoms with Crippen LogP contribution in [0.15, 0.2) is 66.7 Å². The molecule has 0 saturated heterocycles. The zero-order chi connectivity index (χ0) is 28.0. The lowest BCUT2D eigenvalue weighted by atomic mass is 9.88. The number of rotatable bonds is 12. The molecule has 0 bridgehead atoms. The summed E-state index contributed by atoms with van der Waals surface area (Å²) in [6.07, 6.45) is 2.82. The van der Waals surface area contributed by atoms with Crippen LogP contribution >= 0.6 is 0 Å². The number of carbonyl (C=O) groups is 1. The standard InChI is InChI=1S/C33H41FN2O3/c1-5-39-32(38)29-16-28(17-30(34)18-29)27-12-8-9-23(13-27)21-36(4)22-31(37)20-35-33(2,3)19-24-14-25-10-6-7-11-26(25)15-24/h6-13,16-18,24,31,35,37H,5,14-15,19-22H2,1-4H3/t31-/m1/s1. The van der Waals surface area contributed by atoms with Gasteiger partial charge in [-0.15, -0.1) is 0 Å². The van der Waals surface area contributed by atoms with Gasteiger partial charge in [-0.3, -0.25) is 4.90 Å². The molecule has 0 heterocycles. The molecule has 2 N–H and O–H groups in total. The highest BCUT2D eigenvalue weighted by Gasteiger charge is 2.28. The van der Waals surface area contributed by atoms with E-state index < -0.39 is 17.9 Å². The van der Waals surface area contributed by atoms with Crippen molar-refractivity contribution < 1.29 is 19.0 Å². The molecule has 0 fully saturated rings. The summed E-state index contributed by atoms with van der Waals surface area (Å²) < 4.78 is 19.3. The van der Waals surface area contributed by atoms with E-state index in [0.717, 1.165) is 30.4 Å². The minimum Gasteiger partial charge on any atom is -0.462 e. The molecular formula is C33H41FN2O3. The van der Waals surface area contributed by atoms with Crippen molar-refractivity contribution in [1.29, 1.82) is 0 Å². The van der Waals surface area contributed by atoms with Crippen molar-refractivity contribution in [2.75, 3.05) is 26.7 Å². The fraction of sp³-hybridized carbons (Fsp3) is 0.424.